The second kappa shape index (κ2) is 8.90. The van der Waals surface area contributed by atoms with Crippen LogP contribution >= 0.6 is 36.4 Å². The summed E-state index contributed by atoms with van der Waals surface area (Å²) in [6.45, 7) is 5.66. The van der Waals surface area contributed by atoms with Crippen molar-refractivity contribution in [3.63, 3.8) is 0 Å². The minimum atomic E-state index is -0.647. The maximum atomic E-state index is 13.5. The Labute approximate surface area is 136 Å². The highest BCUT2D eigenvalue weighted by atomic mass is 35.5. The Morgan fingerprint density at radius 2 is 1.95 bits per heavy atom. The number of phenolic OH excluding ortho intramolecular Hbond substituents is 1. The van der Waals surface area contributed by atoms with E-state index in [4.69, 9.17) is 11.6 Å². The molecular formula is C13H20Cl3FN2O. The number of piperazine rings is 1. The number of phenols is 1. The van der Waals surface area contributed by atoms with Gasteiger partial charge in [0, 0.05) is 42.8 Å². The van der Waals surface area contributed by atoms with Gasteiger partial charge in [-0.15, -0.1) is 24.8 Å². The molecule has 0 radical (unpaired) electrons. The van der Waals surface area contributed by atoms with Crippen LogP contribution in [0.3, 0.4) is 0 Å². The average Bonchev–Trinajstić information content (AvgIpc) is 2.37. The third kappa shape index (κ3) is 4.37. The van der Waals surface area contributed by atoms with Crippen molar-refractivity contribution in [2.24, 2.45) is 0 Å². The fourth-order valence-corrected chi connectivity index (χ4v) is 2.72. The molecule has 1 atom stereocenters. The maximum absolute atomic E-state index is 13.5. The molecule has 0 aromatic heterocycles. The zero-order chi connectivity index (χ0) is 13.1. The molecule has 20 heavy (non-hydrogen) atoms. The van der Waals surface area contributed by atoms with E-state index in [2.05, 4.69) is 10.2 Å². The van der Waals surface area contributed by atoms with Gasteiger partial charge in [0.05, 0.1) is 0 Å². The molecule has 1 aliphatic heterocycles. The smallest absolute Gasteiger partial charge is 0.166 e. The van der Waals surface area contributed by atoms with Gasteiger partial charge in [0.2, 0.25) is 0 Å². The van der Waals surface area contributed by atoms with Crippen molar-refractivity contribution in [1.29, 1.82) is 0 Å². The van der Waals surface area contributed by atoms with E-state index in [0.29, 0.717) is 10.6 Å². The summed E-state index contributed by atoms with van der Waals surface area (Å²) >= 11 is 5.88. The summed E-state index contributed by atoms with van der Waals surface area (Å²) in [7, 11) is 0. The Kier molecular flexibility index (Phi) is 8.79. The monoisotopic (exact) mass is 344 g/mol. The fraction of sp³-hybridized carbons (Fsp3) is 0.538. The first kappa shape index (κ1) is 19.7. The third-order valence-electron chi connectivity index (χ3n) is 3.40. The molecule has 1 aromatic carbocycles. The van der Waals surface area contributed by atoms with Crippen molar-refractivity contribution in [2.45, 2.75) is 19.4 Å². The minimum Gasteiger partial charge on any atom is -0.505 e. The molecule has 0 spiro atoms. The van der Waals surface area contributed by atoms with Gasteiger partial charge in [0.15, 0.2) is 11.6 Å². The number of nitrogens with one attached hydrogen (secondary N) is 1. The topological polar surface area (TPSA) is 35.5 Å². The summed E-state index contributed by atoms with van der Waals surface area (Å²) in [5.41, 5.74) is 0.587. The van der Waals surface area contributed by atoms with Crippen molar-refractivity contribution in [3.05, 3.63) is 28.5 Å². The Bertz CT molecular complexity index is 428. The molecule has 7 heteroatoms. The number of hydrogen-bond acceptors (Lipinski definition) is 3. The lowest BCUT2D eigenvalue weighted by atomic mass is 10.0. The first-order chi connectivity index (χ1) is 8.63. The highest BCUT2D eigenvalue weighted by molar-refractivity contribution is 6.30. The molecule has 1 aliphatic rings. The van der Waals surface area contributed by atoms with E-state index < -0.39 is 5.82 Å². The summed E-state index contributed by atoms with van der Waals surface area (Å²) in [4.78, 5) is 2.25. The summed E-state index contributed by atoms with van der Waals surface area (Å²) in [6, 6.07) is 2.82. The molecule has 0 aliphatic carbocycles. The predicted molar refractivity (Wildman–Crippen MR) is 85.0 cm³/mol. The number of hydrogen-bond donors (Lipinski definition) is 2. The van der Waals surface area contributed by atoms with Crippen molar-refractivity contribution in [1.82, 2.24) is 10.2 Å². The van der Waals surface area contributed by atoms with Gasteiger partial charge in [0.1, 0.15) is 0 Å². The Hall–Kier alpha value is -0.260. The number of nitrogens with zero attached hydrogens (tertiary/aromatic N) is 1. The van der Waals surface area contributed by atoms with Gasteiger partial charge in [-0.3, -0.25) is 4.90 Å². The molecule has 1 aromatic rings. The molecule has 0 unspecified atom stereocenters. The second-order valence-corrected chi connectivity index (χ2v) is 4.97. The Balaban J connectivity index is 0.00000180. The normalized spacial score (nSPS) is 16.9. The van der Waals surface area contributed by atoms with Gasteiger partial charge in [-0.2, -0.15) is 0 Å². The molecule has 0 amide bonds. The number of benzene rings is 1. The molecule has 1 saturated heterocycles. The van der Waals surface area contributed by atoms with Crippen LogP contribution in [0.25, 0.3) is 0 Å². The van der Waals surface area contributed by atoms with Crippen molar-refractivity contribution < 1.29 is 9.50 Å². The fourth-order valence-electron chi connectivity index (χ4n) is 2.51. The predicted octanol–water partition coefficient (Wildman–Crippen LogP) is 3.38. The standard InChI is InChI=1S/C13H18ClFN2O.2ClH/c1-2-12(17-5-3-16-4-6-17)10-7-9(14)8-11(15)13(10)18;;/h7-8,12,16,18H,2-6H2,1H3;2*1H/t12-;;/m1../s1. The lowest BCUT2D eigenvalue weighted by molar-refractivity contribution is 0.166. The van der Waals surface area contributed by atoms with Gasteiger partial charge in [0.25, 0.3) is 0 Å². The van der Waals surface area contributed by atoms with E-state index in [1.807, 2.05) is 6.92 Å². The van der Waals surface area contributed by atoms with E-state index in [1.54, 1.807) is 6.07 Å². The lowest BCUT2D eigenvalue weighted by Crippen LogP contribution is -2.45. The van der Waals surface area contributed by atoms with Crippen LogP contribution in [0.2, 0.25) is 5.02 Å². The largest absolute Gasteiger partial charge is 0.505 e. The summed E-state index contributed by atoms with van der Waals surface area (Å²) in [5.74, 6) is -0.920. The maximum Gasteiger partial charge on any atom is 0.166 e. The molecule has 0 saturated carbocycles. The molecule has 1 fully saturated rings. The number of rotatable bonds is 3. The molecule has 2 N–H and O–H groups in total. The van der Waals surface area contributed by atoms with Gasteiger partial charge >= 0.3 is 0 Å². The first-order valence-electron chi connectivity index (χ1n) is 6.26. The number of halogens is 4. The molecular weight excluding hydrogens is 326 g/mol. The average molecular weight is 346 g/mol. The van der Waals surface area contributed by atoms with Crippen LogP contribution in [-0.2, 0) is 0 Å². The zero-order valence-corrected chi connectivity index (χ0v) is 13.6. The van der Waals surface area contributed by atoms with Gasteiger partial charge < -0.3 is 10.4 Å². The van der Waals surface area contributed by atoms with E-state index in [0.717, 1.165) is 38.7 Å². The Morgan fingerprint density at radius 3 is 2.50 bits per heavy atom. The van der Waals surface area contributed by atoms with Gasteiger partial charge in [-0.05, 0) is 18.6 Å². The van der Waals surface area contributed by atoms with Crippen LogP contribution in [0.4, 0.5) is 4.39 Å². The summed E-state index contributed by atoms with van der Waals surface area (Å²) in [5, 5.41) is 13.5. The third-order valence-corrected chi connectivity index (χ3v) is 3.61. The van der Waals surface area contributed by atoms with Crippen LogP contribution in [0.5, 0.6) is 5.75 Å². The van der Waals surface area contributed by atoms with E-state index in [1.165, 1.54) is 0 Å². The van der Waals surface area contributed by atoms with Crippen molar-refractivity contribution in [3.8, 4) is 5.75 Å². The van der Waals surface area contributed by atoms with Crippen LogP contribution < -0.4 is 5.32 Å². The summed E-state index contributed by atoms with van der Waals surface area (Å²) < 4.78 is 13.5. The molecule has 3 nitrogen and oxygen atoms in total. The van der Waals surface area contributed by atoms with Gasteiger partial charge in [-0.25, -0.2) is 4.39 Å². The van der Waals surface area contributed by atoms with Gasteiger partial charge in [-0.1, -0.05) is 18.5 Å². The Morgan fingerprint density at radius 1 is 1.35 bits per heavy atom. The van der Waals surface area contributed by atoms with Crippen molar-refractivity contribution in [2.75, 3.05) is 26.2 Å². The van der Waals surface area contributed by atoms with Crippen LogP contribution in [0.1, 0.15) is 24.9 Å². The highest BCUT2D eigenvalue weighted by Crippen LogP contribution is 2.35. The minimum absolute atomic E-state index is 0. The zero-order valence-electron chi connectivity index (χ0n) is 11.2. The van der Waals surface area contributed by atoms with Crippen LogP contribution in [0, 0.1) is 5.82 Å². The molecule has 0 bridgehead atoms. The summed E-state index contributed by atoms with van der Waals surface area (Å²) in [6.07, 6.45) is 0.813. The van der Waals surface area contributed by atoms with E-state index in [9.17, 15) is 9.50 Å². The molecule has 1 heterocycles. The van der Waals surface area contributed by atoms with E-state index in [-0.39, 0.29) is 36.6 Å². The van der Waals surface area contributed by atoms with Crippen LogP contribution in [-0.4, -0.2) is 36.2 Å². The lowest BCUT2D eigenvalue weighted by Gasteiger charge is -2.35. The highest BCUT2D eigenvalue weighted by Gasteiger charge is 2.24. The quantitative estimate of drug-likeness (QED) is 0.881. The first-order valence-corrected chi connectivity index (χ1v) is 6.64. The number of aromatic hydroxyl groups is 1. The second-order valence-electron chi connectivity index (χ2n) is 4.54. The molecule has 116 valence electrons. The SMILES string of the molecule is CC[C@H](c1cc(Cl)cc(F)c1O)N1CCNCC1.Cl.Cl. The van der Waals surface area contributed by atoms with Crippen molar-refractivity contribution >= 4 is 36.4 Å². The molecule has 2 rings (SSSR count). The van der Waals surface area contributed by atoms with E-state index >= 15 is 0 Å². The van der Waals surface area contributed by atoms with Crippen LogP contribution in [0.15, 0.2) is 12.1 Å².